The number of hydrogen-bond acceptors (Lipinski definition) is 4. The number of carbonyl (C=O) groups is 1. The summed E-state index contributed by atoms with van der Waals surface area (Å²) >= 11 is 0. The zero-order valence-electron chi connectivity index (χ0n) is 10.2. The highest BCUT2D eigenvalue weighted by Crippen LogP contribution is 2.17. The van der Waals surface area contributed by atoms with Crippen LogP contribution in [0.15, 0.2) is 12.3 Å². The molecular weight excluding hydrogens is 236 g/mol. The fraction of sp³-hybridized carbons (Fsp3) is 0.545. The van der Waals surface area contributed by atoms with Gasteiger partial charge in [-0.15, -0.1) is 0 Å². The van der Waals surface area contributed by atoms with Crippen molar-refractivity contribution in [3.63, 3.8) is 0 Å². The van der Waals surface area contributed by atoms with E-state index in [0.717, 1.165) is 25.9 Å². The van der Waals surface area contributed by atoms with E-state index < -0.39 is 4.92 Å². The Bertz CT molecular complexity index is 451. The van der Waals surface area contributed by atoms with Crippen molar-refractivity contribution in [2.45, 2.75) is 18.9 Å². The number of H-pyrrole nitrogens is 1. The Morgan fingerprint density at radius 1 is 1.50 bits per heavy atom. The van der Waals surface area contributed by atoms with Gasteiger partial charge in [-0.25, -0.2) is 0 Å². The summed E-state index contributed by atoms with van der Waals surface area (Å²) in [6, 6.07) is 1.47. The van der Waals surface area contributed by atoms with Crippen molar-refractivity contribution < 1.29 is 9.72 Å². The summed E-state index contributed by atoms with van der Waals surface area (Å²) in [7, 11) is 1.74. The van der Waals surface area contributed by atoms with E-state index in [1.54, 1.807) is 11.9 Å². The first-order valence-corrected chi connectivity index (χ1v) is 5.90. The lowest BCUT2D eigenvalue weighted by Gasteiger charge is -2.31. The topological polar surface area (TPSA) is 91.3 Å². The molecule has 1 saturated heterocycles. The molecule has 0 aromatic carbocycles. The quantitative estimate of drug-likeness (QED) is 0.613. The van der Waals surface area contributed by atoms with Crippen molar-refractivity contribution in [2.75, 3.05) is 20.1 Å². The zero-order valence-corrected chi connectivity index (χ0v) is 10.2. The first kappa shape index (κ1) is 12.6. The number of nitrogens with one attached hydrogen (secondary N) is 2. The number of carbonyl (C=O) groups excluding carboxylic acids is 1. The molecule has 0 aliphatic carbocycles. The Labute approximate surface area is 104 Å². The molecule has 0 unspecified atom stereocenters. The number of rotatable bonds is 3. The fourth-order valence-corrected chi connectivity index (χ4v) is 2.16. The molecule has 1 aromatic heterocycles. The van der Waals surface area contributed by atoms with Crippen LogP contribution in [0.25, 0.3) is 0 Å². The second kappa shape index (κ2) is 5.18. The van der Waals surface area contributed by atoms with E-state index in [2.05, 4.69) is 10.3 Å². The lowest BCUT2D eigenvalue weighted by atomic mass is 10.1. The smallest absolute Gasteiger partial charge is 0.287 e. The monoisotopic (exact) mass is 252 g/mol. The third-order valence-corrected chi connectivity index (χ3v) is 3.29. The molecule has 2 heterocycles. The van der Waals surface area contributed by atoms with Gasteiger partial charge in [-0.1, -0.05) is 0 Å². The van der Waals surface area contributed by atoms with Gasteiger partial charge < -0.3 is 15.2 Å². The van der Waals surface area contributed by atoms with Crippen LogP contribution in [0.5, 0.6) is 0 Å². The van der Waals surface area contributed by atoms with Crippen LogP contribution >= 0.6 is 0 Å². The molecule has 0 spiro atoms. The van der Waals surface area contributed by atoms with Crippen LogP contribution in [0, 0.1) is 10.1 Å². The summed E-state index contributed by atoms with van der Waals surface area (Å²) in [5.41, 5.74) is 0.180. The van der Waals surface area contributed by atoms with E-state index in [-0.39, 0.29) is 23.3 Å². The van der Waals surface area contributed by atoms with Crippen molar-refractivity contribution in [2.24, 2.45) is 0 Å². The van der Waals surface area contributed by atoms with Crippen molar-refractivity contribution in [1.82, 2.24) is 15.2 Å². The van der Waals surface area contributed by atoms with E-state index in [1.807, 2.05) is 0 Å². The minimum absolute atomic E-state index is 0.0861. The maximum absolute atomic E-state index is 12.1. The number of hydrogen-bond donors (Lipinski definition) is 2. The molecule has 1 aliphatic heterocycles. The van der Waals surface area contributed by atoms with E-state index >= 15 is 0 Å². The van der Waals surface area contributed by atoms with Gasteiger partial charge in [-0.2, -0.15) is 0 Å². The number of amides is 1. The minimum Gasteiger partial charge on any atom is -0.351 e. The van der Waals surface area contributed by atoms with Crippen LogP contribution in [0.3, 0.4) is 0 Å². The predicted molar refractivity (Wildman–Crippen MR) is 65.4 cm³/mol. The first-order valence-electron chi connectivity index (χ1n) is 5.90. The third kappa shape index (κ3) is 2.51. The Morgan fingerprint density at radius 3 is 2.72 bits per heavy atom. The molecule has 0 atom stereocenters. The number of aromatic nitrogens is 1. The second-order valence-electron chi connectivity index (χ2n) is 4.43. The normalized spacial score (nSPS) is 16.5. The van der Waals surface area contributed by atoms with Crippen LogP contribution < -0.4 is 5.32 Å². The maximum Gasteiger partial charge on any atom is 0.287 e. The van der Waals surface area contributed by atoms with Gasteiger partial charge in [0, 0.05) is 19.2 Å². The summed E-state index contributed by atoms with van der Waals surface area (Å²) in [5, 5.41) is 13.8. The highest BCUT2D eigenvalue weighted by molar-refractivity contribution is 5.93. The van der Waals surface area contributed by atoms with Gasteiger partial charge in [0.1, 0.15) is 5.69 Å². The molecule has 1 aliphatic rings. The molecule has 1 fully saturated rings. The molecule has 0 bridgehead atoms. The van der Waals surface area contributed by atoms with E-state index in [0.29, 0.717) is 0 Å². The zero-order chi connectivity index (χ0) is 13.1. The number of piperidine rings is 1. The summed E-state index contributed by atoms with van der Waals surface area (Å²) in [6.07, 6.45) is 3.06. The van der Waals surface area contributed by atoms with Crippen LogP contribution in [0.4, 0.5) is 5.69 Å². The maximum atomic E-state index is 12.1. The van der Waals surface area contributed by atoms with Crippen LogP contribution in [-0.2, 0) is 0 Å². The third-order valence-electron chi connectivity index (χ3n) is 3.29. The van der Waals surface area contributed by atoms with Gasteiger partial charge in [0.15, 0.2) is 0 Å². The van der Waals surface area contributed by atoms with E-state index in [9.17, 15) is 14.9 Å². The molecule has 0 saturated carbocycles. The highest BCUT2D eigenvalue weighted by Gasteiger charge is 2.24. The molecule has 2 rings (SSSR count). The average molecular weight is 252 g/mol. The standard InChI is InChI=1S/C11H16N4O3/c1-14(8-2-4-12-5-3-8)11(16)10-6-9(7-13-10)15(17)18/h6-8,12-13H,2-5H2,1H3. The molecule has 98 valence electrons. The van der Waals surface area contributed by atoms with Gasteiger partial charge in [-0.3, -0.25) is 14.9 Å². The average Bonchev–Trinajstić information content (AvgIpc) is 2.88. The van der Waals surface area contributed by atoms with E-state index in [4.69, 9.17) is 0 Å². The Kier molecular flexibility index (Phi) is 3.61. The van der Waals surface area contributed by atoms with Crippen molar-refractivity contribution in [1.29, 1.82) is 0 Å². The molecule has 7 heteroatoms. The molecule has 1 amide bonds. The molecule has 18 heavy (non-hydrogen) atoms. The number of nitrogens with zero attached hydrogens (tertiary/aromatic N) is 2. The van der Waals surface area contributed by atoms with Gasteiger partial charge in [-0.05, 0) is 25.9 Å². The van der Waals surface area contributed by atoms with Crippen molar-refractivity contribution >= 4 is 11.6 Å². The first-order chi connectivity index (χ1) is 8.59. The van der Waals surface area contributed by atoms with Crippen molar-refractivity contribution in [3.05, 3.63) is 28.1 Å². The summed E-state index contributed by atoms with van der Waals surface area (Å²) in [5.74, 6) is -0.199. The fourth-order valence-electron chi connectivity index (χ4n) is 2.16. The van der Waals surface area contributed by atoms with Gasteiger partial charge in [0.25, 0.3) is 11.6 Å². The number of nitro groups is 1. The van der Waals surface area contributed by atoms with Gasteiger partial charge in [0.2, 0.25) is 0 Å². The minimum atomic E-state index is -0.516. The number of aromatic amines is 1. The lowest BCUT2D eigenvalue weighted by molar-refractivity contribution is -0.384. The largest absolute Gasteiger partial charge is 0.351 e. The van der Waals surface area contributed by atoms with Gasteiger partial charge >= 0.3 is 0 Å². The lowest BCUT2D eigenvalue weighted by Crippen LogP contribution is -2.44. The molecule has 2 N–H and O–H groups in total. The Morgan fingerprint density at radius 2 is 2.17 bits per heavy atom. The Hall–Kier alpha value is -1.89. The summed E-state index contributed by atoms with van der Waals surface area (Å²) in [4.78, 5) is 26.5. The van der Waals surface area contributed by atoms with Crippen LogP contribution in [0.1, 0.15) is 23.3 Å². The molecule has 7 nitrogen and oxygen atoms in total. The predicted octanol–water partition coefficient (Wildman–Crippen LogP) is 0.747. The molecule has 0 radical (unpaired) electrons. The van der Waals surface area contributed by atoms with Crippen LogP contribution in [-0.4, -0.2) is 46.9 Å². The van der Waals surface area contributed by atoms with Gasteiger partial charge in [0.05, 0.1) is 11.1 Å². The SMILES string of the molecule is CN(C(=O)c1cc([N+](=O)[O-])c[nH]1)C1CCNCC1. The van der Waals surface area contributed by atoms with Crippen LogP contribution in [0.2, 0.25) is 0 Å². The highest BCUT2D eigenvalue weighted by atomic mass is 16.6. The van der Waals surface area contributed by atoms with E-state index in [1.165, 1.54) is 12.3 Å². The van der Waals surface area contributed by atoms with Crippen molar-refractivity contribution in [3.8, 4) is 0 Å². The summed E-state index contributed by atoms with van der Waals surface area (Å²) in [6.45, 7) is 1.79. The summed E-state index contributed by atoms with van der Waals surface area (Å²) < 4.78 is 0. The Balaban J connectivity index is 2.07. The second-order valence-corrected chi connectivity index (χ2v) is 4.43. The molecule has 1 aromatic rings. The molecular formula is C11H16N4O3.